The average molecular weight is 334 g/mol. The van der Waals surface area contributed by atoms with Gasteiger partial charge in [0, 0.05) is 0 Å². The van der Waals surface area contributed by atoms with E-state index in [2.05, 4.69) is 10.2 Å². The van der Waals surface area contributed by atoms with Gasteiger partial charge in [0.2, 0.25) is 0 Å². The monoisotopic (exact) mass is 334 g/mol. The van der Waals surface area contributed by atoms with Crippen LogP contribution in [0.5, 0.6) is 17.4 Å². The first-order valence-electron chi connectivity index (χ1n) is 6.64. The number of benzene rings is 2. The summed E-state index contributed by atoms with van der Waals surface area (Å²) in [5.74, 6) is 1.10. The molecule has 0 amide bonds. The molecule has 7 nitrogen and oxygen atoms in total. The van der Waals surface area contributed by atoms with Crippen LogP contribution in [-0.4, -0.2) is 32.8 Å². The number of H-pyrrole nitrogens is 1. The molecule has 1 aromatic heterocycles. The molecule has 0 aliphatic heterocycles. The highest BCUT2D eigenvalue weighted by Crippen LogP contribution is 2.29. The van der Waals surface area contributed by atoms with Crippen LogP contribution in [0.25, 0.3) is 10.9 Å². The summed E-state index contributed by atoms with van der Waals surface area (Å²) in [4.78, 5) is 0.0114. The van der Waals surface area contributed by atoms with Gasteiger partial charge in [0.25, 0.3) is 5.88 Å². The number of hydrogen-bond donors (Lipinski definition) is 1. The van der Waals surface area contributed by atoms with Crippen LogP contribution in [0.3, 0.4) is 0 Å². The molecule has 0 atom stereocenters. The molecule has 23 heavy (non-hydrogen) atoms. The number of nitrogens with zero attached hydrogens (tertiary/aromatic N) is 1. The van der Waals surface area contributed by atoms with Gasteiger partial charge in [0.1, 0.15) is 16.4 Å². The van der Waals surface area contributed by atoms with Gasteiger partial charge in [-0.3, -0.25) is 5.10 Å². The van der Waals surface area contributed by atoms with Gasteiger partial charge >= 0.3 is 10.1 Å². The lowest BCUT2D eigenvalue weighted by Gasteiger charge is -2.06. The number of aromatic amines is 1. The predicted octanol–water partition coefficient (Wildman–Crippen LogP) is 2.35. The Morgan fingerprint density at radius 1 is 0.957 bits per heavy atom. The molecule has 0 saturated heterocycles. The minimum atomic E-state index is -4.00. The van der Waals surface area contributed by atoms with Crippen molar-refractivity contribution in [3.05, 3.63) is 42.5 Å². The molecule has 8 heteroatoms. The normalized spacial score (nSPS) is 11.4. The van der Waals surface area contributed by atoms with E-state index in [1.807, 2.05) is 0 Å². The van der Waals surface area contributed by atoms with Crippen LogP contribution < -0.4 is 13.7 Å². The van der Waals surface area contributed by atoms with Crippen LogP contribution in [-0.2, 0) is 10.1 Å². The van der Waals surface area contributed by atoms with Crippen molar-refractivity contribution in [1.29, 1.82) is 0 Å². The second-order valence-corrected chi connectivity index (χ2v) is 6.20. The van der Waals surface area contributed by atoms with Gasteiger partial charge in [-0.05, 0) is 42.5 Å². The lowest BCUT2D eigenvalue weighted by Crippen LogP contribution is -2.10. The number of ether oxygens (including phenoxy) is 2. The van der Waals surface area contributed by atoms with Crippen molar-refractivity contribution in [3.63, 3.8) is 0 Å². The van der Waals surface area contributed by atoms with Gasteiger partial charge in [0.05, 0.1) is 25.1 Å². The first kappa shape index (κ1) is 15.2. The lowest BCUT2D eigenvalue weighted by atomic mass is 10.2. The number of rotatable bonds is 5. The summed E-state index contributed by atoms with van der Waals surface area (Å²) in [5, 5.41) is 7.14. The van der Waals surface area contributed by atoms with Crippen molar-refractivity contribution >= 4 is 21.0 Å². The summed E-state index contributed by atoms with van der Waals surface area (Å²) in [6, 6.07) is 11.0. The van der Waals surface area contributed by atoms with Crippen LogP contribution in [0.2, 0.25) is 0 Å². The Labute approximate surface area is 132 Å². The third-order valence-electron chi connectivity index (χ3n) is 3.27. The van der Waals surface area contributed by atoms with Gasteiger partial charge in [-0.2, -0.15) is 8.42 Å². The van der Waals surface area contributed by atoms with Gasteiger partial charge in [-0.15, -0.1) is 5.10 Å². The fourth-order valence-electron chi connectivity index (χ4n) is 2.05. The zero-order valence-electron chi connectivity index (χ0n) is 12.4. The second-order valence-electron chi connectivity index (χ2n) is 4.65. The van der Waals surface area contributed by atoms with E-state index in [0.29, 0.717) is 22.4 Å². The van der Waals surface area contributed by atoms with E-state index in [1.165, 1.54) is 26.4 Å². The minimum Gasteiger partial charge on any atom is -0.497 e. The molecule has 1 heterocycles. The first-order valence-corrected chi connectivity index (χ1v) is 8.05. The van der Waals surface area contributed by atoms with Crippen molar-refractivity contribution in [2.24, 2.45) is 0 Å². The highest BCUT2D eigenvalue weighted by atomic mass is 32.2. The van der Waals surface area contributed by atoms with Gasteiger partial charge in [0.15, 0.2) is 0 Å². The Balaban J connectivity index is 1.96. The topological polar surface area (TPSA) is 90.5 Å². The van der Waals surface area contributed by atoms with E-state index >= 15 is 0 Å². The molecule has 120 valence electrons. The van der Waals surface area contributed by atoms with Gasteiger partial charge < -0.3 is 13.7 Å². The van der Waals surface area contributed by atoms with Crippen LogP contribution in [0, 0.1) is 0 Å². The number of fused-ring (bicyclic) bond motifs is 1. The number of hydrogen-bond acceptors (Lipinski definition) is 6. The van der Waals surface area contributed by atoms with Crippen molar-refractivity contribution in [2.75, 3.05) is 14.2 Å². The number of nitrogens with one attached hydrogen (secondary N) is 1. The fraction of sp³-hybridized carbons (Fsp3) is 0.133. The molecule has 0 aliphatic carbocycles. The lowest BCUT2D eigenvalue weighted by molar-refractivity contribution is 0.414. The van der Waals surface area contributed by atoms with Crippen molar-refractivity contribution < 1.29 is 22.1 Å². The predicted molar refractivity (Wildman–Crippen MR) is 83.5 cm³/mol. The minimum absolute atomic E-state index is 0.0114. The number of aromatic nitrogens is 2. The molecular weight excluding hydrogens is 320 g/mol. The molecular formula is C15H14N2O5S. The zero-order valence-corrected chi connectivity index (χ0v) is 13.3. The second kappa shape index (κ2) is 5.81. The Bertz CT molecular complexity index is 932. The molecule has 0 unspecified atom stereocenters. The zero-order chi connectivity index (χ0) is 16.4. The van der Waals surface area contributed by atoms with Gasteiger partial charge in [-0.25, -0.2) is 0 Å². The van der Waals surface area contributed by atoms with Crippen molar-refractivity contribution in [2.45, 2.75) is 4.90 Å². The molecule has 0 radical (unpaired) electrons. The standard InChI is InChI=1S/C15H14N2O5S/c1-20-10-3-6-12(7-4-10)23(18,19)22-15-13-9-11(21-2)5-8-14(13)16-17-15/h3-9H,1-2H3,(H,16,17). The quantitative estimate of drug-likeness (QED) is 0.720. The molecule has 0 fully saturated rings. The van der Waals surface area contributed by atoms with E-state index in [-0.39, 0.29) is 10.8 Å². The van der Waals surface area contributed by atoms with E-state index in [0.717, 1.165) is 0 Å². The van der Waals surface area contributed by atoms with Crippen LogP contribution in [0.15, 0.2) is 47.4 Å². The molecule has 0 spiro atoms. The van der Waals surface area contributed by atoms with Crippen molar-refractivity contribution in [1.82, 2.24) is 10.2 Å². The summed E-state index contributed by atoms with van der Waals surface area (Å²) >= 11 is 0. The van der Waals surface area contributed by atoms with Crippen molar-refractivity contribution in [3.8, 4) is 17.4 Å². The van der Waals surface area contributed by atoms with E-state index < -0.39 is 10.1 Å². The molecule has 3 rings (SSSR count). The highest BCUT2D eigenvalue weighted by molar-refractivity contribution is 7.87. The molecule has 3 aromatic rings. The smallest absolute Gasteiger partial charge is 0.340 e. The maximum atomic E-state index is 12.3. The Hall–Kier alpha value is -2.74. The van der Waals surface area contributed by atoms with Crippen LogP contribution in [0.4, 0.5) is 0 Å². The third-order valence-corrected chi connectivity index (χ3v) is 4.50. The largest absolute Gasteiger partial charge is 0.497 e. The number of methoxy groups -OCH3 is 2. The van der Waals surface area contributed by atoms with E-state index in [4.69, 9.17) is 13.7 Å². The molecule has 0 saturated carbocycles. The maximum Gasteiger partial charge on any atom is 0.340 e. The first-order chi connectivity index (χ1) is 11.0. The SMILES string of the molecule is COc1ccc(S(=O)(=O)Oc2n[nH]c3ccc(OC)cc23)cc1. The molecule has 1 N–H and O–H groups in total. The fourth-order valence-corrected chi connectivity index (χ4v) is 2.95. The maximum absolute atomic E-state index is 12.3. The highest BCUT2D eigenvalue weighted by Gasteiger charge is 2.20. The third kappa shape index (κ3) is 2.93. The summed E-state index contributed by atoms with van der Waals surface area (Å²) in [7, 11) is -0.971. The summed E-state index contributed by atoms with van der Waals surface area (Å²) in [5.41, 5.74) is 0.644. The summed E-state index contributed by atoms with van der Waals surface area (Å²) < 4.78 is 40.0. The average Bonchev–Trinajstić information content (AvgIpc) is 2.96. The molecule has 2 aromatic carbocycles. The molecule has 0 aliphatic rings. The van der Waals surface area contributed by atoms with Crippen LogP contribution in [0.1, 0.15) is 0 Å². The van der Waals surface area contributed by atoms with E-state index in [9.17, 15) is 8.42 Å². The van der Waals surface area contributed by atoms with Crippen LogP contribution >= 0.6 is 0 Å². The summed E-state index contributed by atoms with van der Waals surface area (Å²) in [6.07, 6.45) is 0. The Morgan fingerprint density at radius 3 is 2.26 bits per heavy atom. The Kier molecular flexibility index (Phi) is 3.83. The Morgan fingerprint density at radius 2 is 1.61 bits per heavy atom. The van der Waals surface area contributed by atoms with Gasteiger partial charge in [-0.1, -0.05) is 0 Å². The van der Waals surface area contributed by atoms with E-state index in [1.54, 1.807) is 30.3 Å². The molecule has 0 bridgehead atoms. The summed E-state index contributed by atoms with van der Waals surface area (Å²) in [6.45, 7) is 0.